The van der Waals surface area contributed by atoms with E-state index in [0.29, 0.717) is 0 Å². The molecule has 0 atom stereocenters. The molecule has 0 radical (unpaired) electrons. The Kier molecular flexibility index (Phi) is 3.59. The third-order valence-corrected chi connectivity index (χ3v) is 2.44. The molecular weight excluding hydrogens is 256 g/mol. The maximum absolute atomic E-state index is 13.6. The van der Waals surface area contributed by atoms with E-state index in [1.54, 1.807) is 6.92 Å². The Morgan fingerprint density at radius 1 is 1.42 bits per heavy atom. The molecule has 0 aliphatic carbocycles. The summed E-state index contributed by atoms with van der Waals surface area (Å²) < 4.78 is 36.6. The van der Waals surface area contributed by atoms with Gasteiger partial charge in [-0.05, 0) is 26.0 Å². The molecule has 0 spiro atoms. The van der Waals surface area contributed by atoms with Gasteiger partial charge in [0.1, 0.15) is 0 Å². The number of halogens is 2. The van der Waals surface area contributed by atoms with Gasteiger partial charge in [0.05, 0.1) is 17.9 Å². The van der Waals surface area contributed by atoms with Gasteiger partial charge in [-0.2, -0.15) is 0 Å². The number of ether oxygens (including phenoxy) is 1. The summed E-state index contributed by atoms with van der Waals surface area (Å²) in [5.74, 6) is -3.03. The number of hydrogen-bond donors (Lipinski definition) is 0. The van der Waals surface area contributed by atoms with Crippen LogP contribution in [0.3, 0.4) is 0 Å². The van der Waals surface area contributed by atoms with Crippen LogP contribution in [-0.2, 0) is 4.74 Å². The molecule has 0 amide bonds. The van der Waals surface area contributed by atoms with E-state index >= 15 is 0 Å². The molecule has 0 unspecified atom stereocenters. The van der Waals surface area contributed by atoms with Gasteiger partial charge in [-0.25, -0.2) is 18.6 Å². The van der Waals surface area contributed by atoms with E-state index < -0.39 is 17.6 Å². The monoisotopic (exact) mass is 267 g/mol. The van der Waals surface area contributed by atoms with Gasteiger partial charge < -0.3 is 9.15 Å². The van der Waals surface area contributed by atoms with Gasteiger partial charge in [0.25, 0.3) is 0 Å². The molecule has 0 fully saturated rings. The highest BCUT2D eigenvalue weighted by Crippen LogP contribution is 2.26. The van der Waals surface area contributed by atoms with Crippen molar-refractivity contribution in [1.29, 1.82) is 0 Å². The first-order chi connectivity index (χ1) is 9.04. The summed E-state index contributed by atoms with van der Waals surface area (Å²) in [5, 5.41) is 0. The van der Waals surface area contributed by atoms with Crippen molar-refractivity contribution in [3.63, 3.8) is 0 Å². The SMILES string of the molecule is CCOC(=O)c1oc(-c2cccc(F)c2F)nc1C. The summed E-state index contributed by atoms with van der Waals surface area (Å²) in [4.78, 5) is 15.5. The number of aromatic nitrogens is 1. The molecule has 19 heavy (non-hydrogen) atoms. The van der Waals surface area contributed by atoms with Gasteiger partial charge in [0.2, 0.25) is 11.7 Å². The summed E-state index contributed by atoms with van der Waals surface area (Å²) in [6.45, 7) is 3.36. The lowest BCUT2D eigenvalue weighted by molar-refractivity contribution is 0.0490. The lowest BCUT2D eigenvalue weighted by atomic mass is 10.2. The molecule has 0 saturated heterocycles. The Morgan fingerprint density at radius 2 is 2.16 bits per heavy atom. The average molecular weight is 267 g/mol. The molecule has 0 aliphatic heterocycles. The quantitative estimate of drug-likeness (QED) is 0.802. The molecule has 100 valence electrons. The van der Waals surface area contributed by atoms with Crippen LogP contribution in [-0.4, -0.2) is 17.6 Å². The first-order valence-corrected chi connectivity index (χ1v) is 5.63. The fourth-order valence-corrected chi connectivity index (χ4v) is 1.57. The predicted octanol–water partition coefficient (Wildman–Crippen LogP) is 3.10. The smallest absolute Gasteiger partial charge is 0.376 e. The highest BCUT2D eigenvalue weighted by Gasteiger charge is 2.21. The van der Waals surface area contributed by atoms with Gasteiger partial charge >= 0.3 is 5.97 Å². The van der Waals surface area contributed by atoms with Crippen LogP contribution in [0.4, 0.5) is 8.78 Å². The van der Waals surface area contributed by atoms with E-state index in [2.05, 4.69) is 4.98 Å². The Morgan fingerprint density at radius 3 is 2.84 bits per heavy atom. The first kappa shape index (κ1) is 13.2. The molecule has 2 rings (SSSR count). The largest absolute Gasteiger partial charge is 0.460 e. The molecule has 6 heteroatoms. The minimum absolute atomic E-state index is 0.111. The van der Waals surface area contributed by atoms with E-state index in [4.69, 9.17) is 9.15 Å². The molecule has 1 aromatic heterocycles. The molecular formula is C13H11F2NO3. The molecule has 4 nitrogen and oxygen atoms in total. The van der Waals surface area contributed by atoms with Crippen molar-refractivity contribution in [3.05, 3.63) is 41.3 Å². The Bertz CT molecular complexity index is 622. The summed E-state index contributed by atoms with van der Waals surface area (Å²) in [6.07, 6.45) is 0. The van der Waals surface area contributed by atoms with Crippen LogP contribution in [0.25, 0.3) is 11.5 Å². The number of oxazole rings is 1. The van der Waals surface area contributed by atoms with Crippen LogP contribution in [0.1, 0.15) is 23.2 Å². The maximum atomic E-state index is 13.6. The second-order valence-corrected chi connectivity index (χ2v) is 3.76. The van der Waals surface area contributed by atoms with E-state index in [-0.39, 0.29) is 29.5 Å². The molecule has 2 aromatic rings. The minimum Gasteiger partial charge on any atom is -0.460 e. The third-order valence-electron chi connectivity index (χ3n) is 2.44. The fraction of sp³-hybridized carbons (Fsp3) is 0.231. The second-order valence-electron chi connectivity index (χ2n) is 3.76. The summed E-state index contributed by atoms with van der Waals surface area (Å²) in [6, 6.07) is 3.64. The zero-order chi connectivity index (χ0) is 14.0. The molecule has 0 saturated carbocycles. The fourth-order valence-electron chi connectivity index (χ4n) is 1.57. The van der Waals surface area contributed by atoms with Crippen molar-refractivity contribution >= 4 is 5.97 Å². The highest BCUT2D eigenvalue weighted by molar-refractivity contribution is 5.87. The van der Waals surface area contributed by atoms with Crippen molar-refractivity contribution in [2.45, 2.75) is 13.8 Å². The zero-order valence-corrected chi connectivity index (χ0v) is 10.4. The van der Waals surface area contributed by atoms with E-state index in [0.717, 1.165) is 6.07 Å². The molecule has 0 aliphatic rings. The number of esters is 1. The van der Waals surface area contributed by atoms with Crippen molar-refractivity contribution in [3.8, 4) is 11.5 Å². The molecule has 1 aromatic carbocycles. The van der Waals surface area contributed by atoms with Gasteiger partial charge in [0, 0.05) is 0 Å². The van der Waals surface area contributed by atoms with Crippen molar-refractivity contribution in [1.82, 2.24) is 4.98 Å². The summed E-state index contributed by atoms with van der Waals surface area (Å²) in [7, 11) is 0. The van der Waals surface area contributed by atoms with Gasteiger partial charge in [0.15, 0.2) is 11.6 Å². The third kappa shape index (κ3) is 2.47. The average Bonchev–Trinajstić information content (AvgIpc) is 2.75. The zero-order valence-electron chi connectivity index (χ0n) is 10.4. The Labute approximate surface area is 108 Å². The molecule has 0 bridgehead atoms. The van der Waals surface area contributed by atoms with Crippen LogP contribution < -0.4 is 0 Å². The maximum Gasteiger partial charge on any atom is 0.376 e. The number of carbonyl (C=O) groups is 1. The topological polar surface area (TPSA) is 52.3 Å². The predicted molar refractivity (Wildman–Crippen MR) is 62.5 cm³/mol. The first-order valence-electron chi connectivity index (χ1n) is 5.63. The summed E-state index contributed by atoms with van der Waals surface area (Å²) >= 11 is 0. The van der Waals surface area contributed by atoms with Gasteiger partial charge in [-0.1, -0.05) is 6.07 Å². The van der Waals surface area contributed by atoms with Gasteiger partial charge in [-0.15, -0.1) is 0 Å². The lowest BCUT2D eigenvalue weighted by Gasteiger charge is -1.99. The van der Waals surface area contributed by atoms with E-state index in [1.807, 2.05) is 0 Å². The minimum atomic E-state index is -1.07. The van der Waals surface area contributed by atoms with Crippen LogP contribution in [0.15, 0.2) is 22.6 Å². The van der Waals surface area contributed by atoms with Crippen molar-refractivity contribution in [2.24, 2.45) is 0 Å². The van der Waals surface area contributed by atoms with Crippen molar-refractivity contribution < 1.29 is 22.7 Å². The second kappa shape index (κ2) is 5.17. The van der Waals surface area contributed by atoms with Crippen LogP contribution >= 0.6 is 0 Å². The number of hydrogen-bond acceptors (Lipinski definition) is 4. The van der Waals surface area contributed by atoms with E-state index in [9.17, 15) is 13.6 Å². The lowest BCUT2D eigenvalue weighted by Crippen LogP contribution is -2.04. The van der Waals surface area contributed by atoms with Crippen molar-refractivity contribution in [2.75, 3.05) is 6.61 Å². The number of benzene rings is 1. The molecule has 0 N–H and O–H groups in total. The van der Waals surface area contributed by atoms with Crippen LogP contribution in [0.5, 0.6) is 0 Å². The number of rotatable bonds is 3. The Balaban J connectivity index is 2.45. The summed E-state index contributed by atoms with van der Waals surface area (Å²) in [5.41, 5.74) is 0.121. The van der Waals surface area contributed by atoms with E-state index in [1.165, 1.54) is 19.1 Å². The number of nitrogens with zero attached hydrogens (tertiary/aromatic N) is 1. The number of carbonyl (C=O) groups excluding carboxylic acids is 1. The molecule has 1 heterocycles. The van der Waals surface area contributed by atoms with Gasteiger partial charge in [-0.3, -0.25) is 0 Å². The van der Waals surface area contributed by atoms with Crippen LogP contribution in [0, 0.1) is 18.6 Å². The van der Waals surface area contributed by atoms with Crippen LogP contribution in [0.2, 0.25) is 0 Å². The number of aryl methyl sites for hydroxylation is 1. The standard InChI is InChI=1S/C13H11F2NO3/c1-3-18-13(17)11-7(2)16-12(19-11)8-5-4-6-9(14)10(8)15/h4-6H,3H2,1-2H3. The Hall–Kier alpha value is -2.24. The highest BCUT2D eigenvalue weighted by atomic mass is 19.2. The normalized spacial score (nSPS) is 10.5.